The second-order valence-corrected chi connectivity index (χ2v) is 9.08. The lowest BCUT2D eigenvalue weighted by Gasteiger charge is -2.18. The van der Waals surface area contributed by atoms with Crippen LogP contribution < -0.4 is 10.6 Å². The summed E-state index contributed by atoms with van der Waals surface area (Å²) in [7, 11) is 1.33. The number of benzene rings is 3. The molecule has 0 fully saturated rings. The number of hydrogen-bond acceptors (Lipinski definition) is 5. The summed E-state index contributed by atoms with van der Waals surface area (Å²) >= 11 is 5.63. The number of aromatic amines is 1. The number of aryl methyl sites for hydroxylation is 1. The van der Waals surface area contributed by atoms with Crippen LogP contribution in [0.15, 0.2) is 89.5 Å². The van der Waals surface area contributed by atoms with Gasteiger partial charge >= 0.3 is 5.97 Å². The molecule has 0 spiro atoms. The van der Waals surface area contributed by atoms with E-state index in [1.807, 2.05) is 92.0 Å². The fourth-order valence-electron chi connectivity index (χ4n) is 4.17. The predicted octanol–water partition coefficient (Wildman–Crippen LogP) is 6.19. The molecule has 0 aliphatic rings. The maximum absolute atomic E-state index is 12.7. The number of ether oxygens (including phenoxy) is 1. The van der Waals surface area contributed by atoms with Crippen LogP contribution in [0.1, 0.15) is 33.5 Å². The number of oxazole rings is 1. The van der Waals surface area contributed by atoms with E-state index < -0.39 is 12.0 Å². The molecule has 1 unspecified atom stereocenters. The Morgan fingerprint density at radius 1 is 1.05 bits per heavy atom. The van der Waals surface area contributed by atoms with Gasteiger partial charge in [0.2, 0.25) is 5.89 Å². The third kappa shape index (κ3) is 5.39. The number of methoxy groups -OCH3 is 1. The molecule has 0 saturated heterocycles. The smallest absolute Gasteiger partial charge is 0.360 e. The number of esters is 1. The summed E-state index contributed by atoms with van der Waals surface area (Å²) in [6.07, 6.45) is 2.34. The monoisotopic (exact) mass is 510 g/mol. The Morgan fingerprint density at radius 3 is 2.54 bits per heavy atom. The molecule has 1 atom stereocenters. The number of para-hydroxylation sites is 1. The normalized spacial score (nSPS) is 11.7. The highest BCUT2D eigenvalue weighted by molar-refractivity contribution is 7.80. The van der Waals surface area contributed by atoms with E-state index >= 15 is 0 Å². The van der Waals surface area contributed by atoms with Crippen LogP contribution in [0.5, 0.6) is 0 Å². The lowest BCUT2D eigenvalue weighted by Crippen LogP contribution is -2.33. The Hall–Kier alpha value is -4.43. The number of hydrogen-bond donors (Lipinski definition) is 3. The van der Waals surface area contributed by atoms with E-state index in [9.17, 15) is 4.79 Å². The van der Waals surface area contributed by atoms with Crippen molar-refractivity contribution >= 4 is 39.9 Å². The minimum absolute atomic E-state index is 0.111. The van der Waals surface area contributed by atoms with Crippen LogP contribution in [-0.4, -0.2) is 28.2 Å². The molecule has 2 aromatic heterocycles. The van der Waals surface area contributed by atoms with E-state index in [4.69, 9.17) is 21.4 Å². The number of carbonyl (C=O) groups excluding carboxylic acids is 1. The number of carbonyl (C=O) groups is 1. The minimum atomic E-state index is -0.575. The molecule has 0 bridgehead atoms. The fourth-order valence-corrected chi connectivity index (χ4v) is 4.43. The van der Waals surface area contributed by atoms with Crippen LogP contribution in [0, 0.1) is 6.92 Å². The van der Waals surface area contributed by atoms with Crippen molar-refractivity contribution in [2.45, 2.75) is 19.4 Å². The summed E-state index contributed by atoms with van der Waals surface area (Å²) in [6.45, 7) is 2.03. The molecule has 5 aromatic rings. The van der Waals surface area contributed by atoms with Crippen molar-refractivity contribution in [2.24, 2.45) is 0 Å². The van der Waals surface area contributed by atoms with Gasteiger partial charge in [0, 0.05) is 34.8 Å². The Bertz CT molecular complexity index is 1540. The Morgan fingerprint density at radius 2 is 1.78 bits per heavy atom. The van der Waals surface area contributed by atoms with Crippen molar-refractivity contribution in [3.8, 4) is 11.3 Å². The average molecular weight is 511 g/mol. The molecule has 186 valence electrons. The molecule has 2 heterocycles. The first-order valence-electron chi connectivity index (χ1n) is 11.9. The van der Waals surface area contributed by atoms with Gasteiger partial charge in [0.25, 0.3) is 0 Å². The maximum Gasteiger partial charge on any atom is 0.360 e. The quantitative estimate of drug-likeness (QED) is 0.178. The third-order valence-corrected chi connectivity index (χ3v) is 6.27. The van der Waals surface area contributed by atoms with Crippen LogP contribution in [-0.2, 0) is 11.2 Å². The molecule has 0 radical (unpaired) electrons. The first kappa shape index (κ1) is 24.3. The summed E-state index contributed by atoms with van der Waals surface area (Å²) in [5.41, 5.74) is 4.85. The van der Waals surface area contributed by atoms with Gasteiger partial charge in [0.05, 0.1) is 7.11 Å². The zero-order valence-corrected chi connectivity index (χ0v) is 21.3. The van der Waals surface area contributed by atoms with Crippen molar-refractivity contribution in [3.05, 3.63) is 108 Å². The van der Waals surface area contributed by atoms with Gasteiger partial charge in [-0.05, 0) is 42.9 Å². The standard InChI is InChI=1S/C29H26N4O3S/c1-18-12-14-20(15-13-18)31-29(37)32-24(16-19-8-4-3-5-9-19)27-33-25(28(34)35-2)26(36-27)22-17-30-23-11-7-6-10-21(22)23/h3-15,17,24,30H,16H2,1-2H3,(H2,31,32,37). The molecule has 7 nitrogen and oxygen atoms in total. The molecule has 8 heteroatoms. The Kier molecular flexibility index (Phi) is 7.00. The highest BCUT2D eigenvalue weighted by atomic mass is 32.1. The largest absolute Gasteiger partial charge is 0.464 e. The molecule has 3 N–H and O–H groups in total. The number of H-pyrrole nitrogens is 1. The molecular weight excluding hydrogens is 484 g/mol. The van der Waals surface area contributed by atoms with Gasteiger partial charge in [0.1, 0.15) is 6.04 Å². The molecular formula is C29H26N4O3S. The highest BCUT2D eigenvalue weighted by Gasteiger charge is 2.28. The molecule has 3 aromatic carbocycles. The van der Waals surface area contributed by atoms with Gasteiger partial charge in [-0.25, -0.2) is 9.78 Å². The number of fused-ring (bicyclic) bond motifs is 1. The number of nitrogens with one attached hydrogen (secondary N) is 3. The summed E-state index contributed by atoms with van der Waals surface area (Å²) in [5, 5.41) is 7.87. The number of rotatable bonds is 7. The van der Waals surface area contributed by atoms with Gasteiger partial charge in [-0.2, -0.15) is 0 Å². The zero-order valence-electron chi connectivity index (χ0n) is 20.4. The van der Waals surface area contributed by atoms with Gasteiger partial charge in [-0.1, -0.05) is 66.2 Å². The zero-order chi connectivity index (χ0) is 25.8. The number of anilines is 1. The predicted molar refractivity (Wildman–Crippen MR) is 149 cm³/mol. The summed E-state index contributed by atoms with van der Waals surface area (Å²) < 4.78 is 11.3. The van der Waals surface area contributed by atoms with E-state index in [1.54, 1.807) is 0 Å². The van der Waals surface area contributed by atoms with E-state index in [0.717, 1.165) is 33.3 Å². The number of thiocarbonyl (C=S) groups is 1. The van der Waals surface area contributed by atoms with Gasteiger partial charge < -0.3 is 24.8 Å². The molecule has 0 amide bonds. The van der Waals surface area contributed by atoms with Crippen LogP contribution >= 0.6 is 12.2 Å². The number of nitrogens with zero attached hydrogens (tertiary/aromatic N) is 1. The molecule has 0 aliphatic carbocycles. The van der Waals surface area contributed by atoms with E-state index in [0.29, 0.717) is 23.2 Å². The van der Waals surface area contributed by atoms with Gasteiger partial charge in [-0.15, -0.1) is 0 Å². The lowest BCUT2D eigenvalue weighted by atomic mass is 10.1. The number of aromatic nitrogens is 2. The van der Waals surface area contributed by atoms with Crippen LogP contribution in [0.4, 0.5) is 5.69 Å². The van der Waals surface area contributed by atoms with Crippen LogP contribution in [0.3, 0.4) is 0 Å². The molecule has 0 saturated carbocycles. The topological polar surface area (TPSA) is 92.2 Å². The third-order valence-electron chi connectivity index (χ3n) is 6.05. The molecule has 0 aliphatic heterocycles. The lowest BCUT2D eigenvalue weighted by molar-refractivity contribution is 0.0595. The fraction of sp³-hybridized carbons (Fsp3) is 0.138. The Balaban J connectivity index is 1.52. The van der Waals surface area contributed by atoms with Crippen molar-refractivity contribution in [1.82, 2.24) is 15.3 Å². The summed E-state index contributed by atoms with van der Waals surface area (Å²) in [4.78, 5) is 20.6. The van der Waals surface area contributed by atoms with Crippen LogP contribution in [0.2, 0.25) is 0 Å². The van der Waals surface area contributed by atoms with Gasteiger partial charge in [-0.3, -0.25) is 0 Å². The van der Waals surface area contributed by atoms with Crippen molar-refractivity contribution in [2.75, 3.05) is 12.4 Å². The SMILES string of the molecule is COC(=O)c1nc(C(Cc2ccccc2)NC(=S)Nc2ccc(C)cc2)oc1-c1c[nH]c2ccccc12. The summed E-state index contributed by atoms with van der Waals surface area (Å²) in [6, 6.07) is 25.3. The first-order valence-corrected chi connectivity index (χ1v) is 12.3. The van der Waals surface area contributed by atoms with Gasteiger partial charge in [0.15, 0.2) is 16.6 Å². The average Bonchev–Trinajstić information content (AvgIpc) is 3.54. The molecule has 37 heavy (non-hydrogen) atoms. The minimum Gasteiger partial charge on any atom is -0.464 e. The van der Waals surface area contributed by atoms with E-state index in [2.05, 4.69) is 20.6 Å². The van der Waals surface area contributed by atoms with E-state index in [-0.39, 0.29) is 5.69 Å². The Labute approximate surface area is 219 Å². The first-order chi connectivity index (χ1) is 18.0. The second-order valence-electron chi connectivity index (χ2n) is 8.68. The van der Waals surface area contributed by atoms with E-state index in [1.165, 1.54) is 7.11 Å². The highest BCUT2D eigenvalue weighted by Crippen LogP contribution is 2.34. The van der Waals surface area contributed by atoms with Crippen molar-refractivity contribution < 1.29 is 13.9 Å². The summed E-state index contributed by atoms with van der Waals surface area (Å²) in [5.74, 6) is 0.100. The van der Waals surface area contributed by atoms with Crippen molar-refractivity contribution in [3.63, 3.8) is 0 Å². The maximum atomic E-state index is 12.7. The van der Waals surface area contributed by atoms with Crippen molar-refractivity contribution in [1.29, 1.82) is 0 Å². The van der Waals surface area contributed by atoms with Crippen LogP contribution in [0.25, 0.3) is 22.2 Å². The second kappa shape index (κ2) is 10.7. The molecule has 5 rings (SSSR count).